The number of pyridine rings is 1. The van der Waals surface area contributed by atoms with E-state index < -0.39 is 34.8 Å². The van der Waals surface area contributed by atoms with E-state index in [1.807, 2.05) is 0 Å². The van der Waals surface area contributed by atoms with Crippen molar-refractivity contribution in [2.45, 2.75) is 12.4 Å². The third kappa shape index (κ3) is 4.03. The first kappa shape index (κ1) is 21.4. The molecule has 0 spiro atoms. The Bertz CT molecular complexity index is 1090. The van der Waals surface area contributed by atoms with Crippen molar-refractivity contribution in [3.05, 3.63) is 65.0 Å². The Morgan fingerprint density at radius 3 is 1.87 bits per heavy atom. The molecule has 0 aliphatic carbocycles. The lowest BCUT2D eigenvalue weighted by Crippen LogP contribution is -2.14. The fourth-order valence-corrected chi connectivity index (χ4v) is 2.90. The third-order valence-corrected chi connectivity index (χ3v) is 4.33. The SMILES string of the molecule is COc1cc2ccnc(C(=O)c3cc(C(F)(F)F)cc(C(F)(F)F)c3)c2cc1OC. The Morgan fingerprint density at radius 1 is 0.833 bits per heavy atom. The number of aromatic nitrogens is 1. The van der Waals surface area contributed by atoms with Crippen LogP contribution in [0.2, 0.25) is 0 Å². The number of carbonyl (C=O) groups excluding carboxylic acids is 1. The summed E-state index contributed by atoms with van der Waals surface area (Å²) >= 11 is 0. The second kappa shape index (κ2) is 7.51. The van der Waals surface area contributed by atoms with E-state index in [0.29, 0.717) is 23.3 Å². The van der Waals surface area contributed by atoms with Crippen LogP contribution in [0.4, 0.5) is 26.3 Å². The van der Waals surface area contributed by atoms with Crippen molar-refractivity contribution in [1.82, 2.24) is 4.98 Å². The lowest BCUT2D eigenvalue weighted by atomic mass is 9.97. The number of nitrogens with zero attached hydrogens (tertiary/aromatic N) is 1. The van der Waals surface area contributed by atoms with Crippen molar-refractivity contribution in [1.29, 1.82) is 0 Å². The largest absolute Gasteiger partial charge is 0.493 e. The summed E-state index contributed by atoms with van der Waals surface area (Å²) in [5.74, 6) is -0.551. The monoisotopic (exact) mass is 429 g/mol. The van der Waals surface area contributed by atoms with Crippen LogP contribution in [-0.4, -0.2) is 25.0 Å². The summed E-state index contributed by atoms with van der Waals surface area (Å²) in [6.07, 6.45) is -8.92. The predicted molar refractivity (Wildman–Crippen MR) is 94.7 cm³/mol. The van der Waals surface area contributed by atoms with E-state index in [4.69, 9.17) is 9.47 Å². The molecular formula is C20H13F6NO3. The minimum atomic E-state index is -5.07. The molecule has 158 valence electrons. The van der Waals surface area contributed by atoms with Gasteiger partial charge in [0.25, 0.3) is 0 Å². The van der Waals surface area contributed by atoms with Gasteiger partial charge in [-0.05, 0) is 41.8 Å². The Labute approximate surface area is 166 Å². The molecule has 0 atom stereocenters. The zero-order valence-electron chi connectivity index (χ0n) is 15.5. The van der Waals surface area contributed by atoms with Gasteiger partial charge < -0.3 is 9.47 Å². The molecular weight excluding hydrogens is 416 g/mol. The number of benzene rings is 2. The number of fused-ring (bicyclic) bond motifs is 1. The van der Waals surface area contributed by atoms with Crippen molar-refractivity contribution in [3.63, 3.8) is 0 Å². The quantitative estimate of drug-likeness (QED) is 0.405. The fourth-order valence-electron chi connectivity index (χ4n) is 2.90. The smallest absolute Gasteiger partial charge is 0.416 e. The van der Waals surface area contributed by atoms with Crippen LogP contribution in [0.5, 0.6) is 11.5 Å². The highest BCUT2D eigenvalue weighted by Crippen LogP contribution is 2.38. The fraction of sp³-hybridized carbons (Fsp3) is 0.200. The zero-order valence-corrected chi connectivity index (χ0v) is 15.5. The van der Waals surface area contributed by atoms with Gasteiger partial charge in [0.2, 0.25) is 5.78 Å². The molecule has 3 rings (SSSR count). The average molecular weight is 429 g/mol. The van der Waals surface area contributed by atoms with Gasteiger partial charge in [-0.1, -0.05) is 0 Å². The second-order valence-electron chi connectivity index (χ2n) is 6.21. The van der Waals surface area contributed by atoms with Gasteiger partial charge in [-0.25, -0.2) is 0 Å². The average Bonchev–Trinajstić information content (AvgIpc) is 2.70. The summed E-state index contributed by atoms with van der Waals surface area (Å²) in [6.45, 7) is 0. The number of carbonyl (C=O) groups is 1. The molecule has 0 amide bonds. The molecule has 1 heterocycles. The van der Waals surface area contributed by atoms with Gasteiger partial charge in [0.15, 0.2) is 11.5 Å². The number of halogens is 6. The van der Waals surface area contributed by atoms with Gasteiger partial charge in [0.1, 0.15) is 5.69 Å². The second-order valence-corrected chi connectivity index (χ2v) is 6.21. The Balaban J connectivity index is 2.23. The zero-order chi connectivity index (χ0) is 22.3. The Hall–Kier alpha value is -3.30. The van der Waals surface area contributed by atoms with Crippen LogP contribution in [0, 0.1) is 0 Å². The highest BCUT2D eigenvalue weighted by molar-refractivity contribution is 6.15. The third-order valence-electron chi connectivity index (χ3n) is 4.33. The van der Waals surface area contributed by atoms with Gasteiger partial charge in [-0.2, -0.15) is 26.3 Å². The first-order chi connectivity index (χ1) is 14.0. The molecule has 3 aromatic rings. The number of rotatable bonds is 4. The van der Waals surface area contributed by atoms with Crippen LogP contribution < -0.4 is 9.47 Å². The van der Waals surface area contributed by atoms with E-state index in [1.54, 1.807) is 0 Å². The van der Waals surface area contributed by atoms with Crippen LogP contribution in [-0.2, 0) is 12.4 Å². The van der Waals surface area contributed by atoms with E-state index in [0.717, 1.165) is 0 Å². The maximum absolute atomic E-state index is 13.1. The molecule has 0 radical (unpaired) electrons. The van der Waals surface area contributed by atoms with E-state index >= 15 is 0 Å². The summed E-state index contributed by atoms with van der Waals surface area (Å²) < 4.78 is 89.0. The molecule has 0 fully saturated rings. The molecule has 10 heteroatoms. The molecule has 0 unspecified atom stereocenters. The predicted octanol–water partition coefficient (Wildman–Crippen LogP) is 5.52. The molecule has 0 bridgehead atoms. The normalized spacial score (nSPS) is 12.1. The number of hydrogen-bond acceptors (Lipinski definition) is 4. The van der Waals surface area contributed by atoms with Crippen molar-refractivity contribution >= 4 is 16.6 Å². The summed E-state index contributed by atoms with van der Waals surface area (Å²) in [4.78, 5) is 16.8. The Kier molecular flexibility index (Phi) is 5.36. The maximum atomic E-state index is 13.1. The van der Waals surface area contributed by atoms with E-state index in [1.165, 1.54) is 38.6 Å². The van der Waals surface area contributed by atoms with Gasteiger partial charge >= 0.3 is 12.4 Å². The standard InChI is InChI=1S/C20H13F6NO3/c1-29-15-7-10-3-4-27-17(14(10)9-16(15)30-2)18(28)11-5-12(19(21,22)23)8-13(6-11)20(24,25)26/h3-9H,1-2H3. The van der Waals surface area contributed by atoms with Gasteiger partial charge in [-0.3, -0.25) is 9.78 Å². The van der Waals surface area contributed by atoms with Crippen LogP contribution in [0.25, 0.3) is 10.8 Å². The molecule has 0 saturated heterocycles. The lowest BCUT2D eigenvalue weighted by molar-refractivity contribution is -0.143. The first-order valence-corrected chi connectivity index (χ1v) is 8.30. The molecule has 30 heavy (non-hydrogen) atoms. The molecule has 0 saturated carbocycles. The van der Waals surface area contributed by atoms with E-state index in [9.17, 15) is 31.1 Å². The number of ether oxygens (including phenoxy) is 2. The summed E-state index contributed by atoms with van der Waals surface area (Å²) in [5.41, 5.74) is -4.27. The van der Waals surface area contributed by atoms with Crippen molar-refractivity contribution in [3.8, 4) is 11.5 Å². The molecule has 4 nitrogen and oxygen atoms in total. The lowest BCUT2D eigenvalue weighted by Gasteiger charge is -2.14. The van der Waals surface area contributed by atoms with Crippen LogP contribution in [0.3, 0.4) is 0 Å². The molecule has 2 aromatic carbocycles. The van der Waals surface area contributed by atoms with Crippen molar-refractivity contribution < 1.29 is 40.6 Å². The van der Waals surface area contributed by atoms with Crippen molar-refractivity contribution in [2.24, 2.45) is 0 Å². The minimum Gasteiger partial charge on any atom is -0.493 e. The molecule has 0 N–H and O–H groups in total. The van der Waals surface area contributed by atoms with E-state index in [2.05, 4.69) is 4.98 Å². The molecule has 1 aromatic heterocycles. The molecule has 0 aliphatic heterocycles. The number of methoxy groups -OCH3 is 2. The summed E-state index contributed by atoms with van der Waals surface area (Å²) in [7, 11) is 2.72. The Morgan fingerprint density at radius 2 is 1.37 bits per heavy atom. The minimum absolute atomic E-state index is 0.0405. The van der Waals surface area contributed by atoms with E-state index in [-0.39, 0.29) is 22.9 Å². The first-order valence-electron chi connectivity index (χ1n) is 8.30. The number of ketones is 1. The van der Waals surface area contributed by atoms with Gasteiger partial charge in [0, 0.05) is 17.1 Å². The van der Waals surface area contributed by atoms with Gasteiger partial charge in [-0.15, -0.1) is 0 Å². The van der Waals surface area contributed by atoms with Crippen molar-refractivity contribution in [2.75, 3.05) is 14.2 Å². The van der Waals surface area contributed by atoms with Crippen LogP contribution in [0.1, 0.15) is 27.2 Å². The maximum Gasteiger partial charge on any atom is 0.416 e. The number of alkyl halides is 6. The summed E-state index contributed by atoms with van der Waals surface area (Å²) in [5, 5.41) is 0.625. The van der Waals surface area contributed by atoms with Gasteiger partial charge in [0.05, 0.1) is 25.3 Å². The number of hydrogen-bond donors (Lipinski definition) is 0. The molecule has 0 aliphatic rings. The topological polar surface area (TPSA) is 48.4 Å². The van der Waals surface area contributed by atoms with Crippen LogP contribution >= 0.6 is 0 Å². The highest BCUT2D eigenvalue weighted by atomic mass is 19.4. The highest BCUT2D eigenvalue weighted by Gasteiger charge is 2.37. The summed E-state index contributed by atoms with van der Waals surface area (Å²) in [6, 6.07) is 5.12. The van der Waals surface area contributed by atoms with Crippen LogP contribution in [0.15, 0.2) is 42.6 Å².